The van der Waals surface area contributed by atoms with Crippen LogP contribution in [-0.4, -0.2) is 37.1 Å². The molecule has 1 heterocycles. The molecular formula is C8H18N2. The maximum Gasteiger partial charge on any atom is 0.0262 e. The molecule has 0 aromatic rings. The fraction of sp³-hybridized carbons (Fsp3) is 1.00. The van der Waals surface area contributed by atoms with Crippen molar-refractivity contribution >= 4 is 0 Å². The monoisotopic (exact) mass is 142 g/mol. The van der Waals surface area contributed by atoms with Gasteiger partial charge in [-0.3, -0.25) is 0 Å². The van der Waals surface area contributed by atoms with E-state index in [0.29, 0.717) is 0 Å². The summed E-state index contributed by atoms with van der Waals surface area (Å²) in [4.78, 5) is 2.45. The minimum absolute atomic E-state index is 0.855. The summed E-state index contributed by atoms with van der Waals surface area (Å²) in [6.07, 6.45) is 1.39. The molecule has 0 aromatic heterocycles. The van der Waals surface area contributed by atoms with Crippen molar-refractivity contribution in [2.24, 2.45) is 0 Å². The highest BCUT2D eigenvalue weighted by molar-refractivity contribution is 5.03. The van der Waals surface area contributed by atoms with Crippen molar-refractivity contribution in [3.63, 3.8) is 0 Å². The van der Waals surface area contributed by atoms with Crippen LogP contribution in [0.15, 0.2) is 0 Å². The summed E-state index contributed by atoms with van der Waals surface area (Å²) in [5, 5.41) is 3.44. The first-order valence-electron chi connectivity index (χ1n) is 4.31. The fourth-order valence-corrected chi connectivity index (χ4v) is 1.48. The molecule has 1 aliphatic carbocycles. The highest BCUT2D eigenvalue weighted by Gasteiger charge is 2.41. The van der Waals surface area contributed by atoms with E-state index >= 15 is 0 Å². The maximum absolute atomic E-state index is 3.44. The van der Waals surface area contributed by atoms with Gasteiger partial charge in [0.25, 0.3) is 0 Å². The highest BCUT2D eigenvalue weighted by Crippen LogP contribution is 2.28. The van der Waals surface area contributed by atoms with Crippen molar-refractivity contribution in [2.45, 2.75) is 32.4 Å². The van der Waals surface area contributed by atoms with E-state index in [4.69, 9.17) is 0 Å². The van der Waals surface area contributed by atoms with Gasteiger partial charge in [-0.2, -0.15) is 0 Å². The Morgan fingerprint density at radius 3 is 2.60 bits per heavy atom. The van der Waals surface area contributed by atoms with Crippen LogP contribution in [0.1, 0.15) is 20.3 Å². The zero-order valence-electron chi connectivity index (χ0n) is 7.22. The molecule has 2 unspecified atom stereocenters. The van der Waals surface area contributed by atoms with Crippen LogP contribution in [0.5, 0.6) is 0 Å². The van der Waals surface area contributed by atoms with Gasteiger partial charge in [0.05, 0.1) is 0 Å². The predicted octanol–water partition coefficient (Wildman–Crippen LogP) is 0.688. The summed E-state index contributed by atoms with van der Waals surface area (Å²) < 4.78 is 0. The predicted molar refractivity (Wildman–Crippen MR) is 44.2 cm³/mol. The van der Waals surface area contributed by atoms with Gasteiger partial charge in [0.1, 0.15) is 0 Å². The molecule has 2 aliphatic rings. The molecule has 2 heteroatoms. The molecule has 1 N–H and O–H groups in total. The Bertz CT molecular complexity index is 103. The van der Waals surface area contributed by atoms with E-state index in [2.05, 4.69) is 17.3 Å². The van der Waals surface area contributed by atoms with E-state index in [1.165, 1.54) is 19.5 Å². The zero-order valence-corrected chi connectivity index (χ0v) is 7.22. The molecule has 0 aromatic carbocycles. The average molecular weight is 142 g/mol. The SMILES string of the molecule is CC.CN1CCNC2CC21. The van der Waals surface area contributed by atoms with Gasteiger partial charge in [-0.25, -0.2) is 0 Å². The number of hydrogen-bond donors (Lipinski definition) is 1. The third kappa shape index (κ3) is 1.50. The molecule has 2 atom stereocenters. The lowest BCUT2D eigenvalue weighted by molar-refractivity contribution is 0.279. The Kier molecular flexibility index (Phi) is 2.69. The lowest BCUT2D eigenvalue weighted by Crippen LogP contribution is -2.41. The fourth-order valence-electron chi connectivity index (χ4n) is 1.48. The first-order valence-corrected chi connectivity index (χ1v) is 4.31. The average Bonchev–Trinajstić information content (AvgIpc) is 2.72. The van der Waals surface area contributed by atoms with Crippen molar-refractivity contribution in [3.05, 3.63) is 0 Å². The van der Waals surface area contributed by atoms with Gasteiger partial charge in [0, 0.05) is 25.2 Å². The summed E-state index contributed by atoms with van der Waals surface area (Å²) in [7, 11) is 2.21. The molecule has 0 amide bonds. The minimum atomic E-state index is 0.855. The van der Waals surface area contributed by atoms with E-state index in [-0.39, 0.29) is 0 Å². The summed E-state index contributed by atoms with van der Waals surface area (Å²) >= 11 is 0. The third-order valence-corrected chi connectivity index (χ3v) is 2.19. The molecule has 2 nitrogen and oxygen atoms in total. The standard InChI is InChI=1S/C6H12N2.C2H6/c1-8-3-2-7-5-4-6(5)8;1-2/h5-7H,2-4H2,1H3;1-2H3. The summed E-state index contributed by atoms with van der Waals surface area (Å²) in [6, 6.07) is 1.75. The molecule has 2 rings (SSSR count). The van der Waals surface area contributed by atoms with Crippen molar-refractivity contribution in [3.8, 4) is 0 Å². The van der Waals surface area contributed by atoms with Gasteiger partial charge in [0.2, 0.25) is 0 Å². The topological polar surface area (TPSA) is 15.3 Å². The second-order valence-corrected chi connectivity index (χ2v) is 2.84. The Morgan fingerprint density at radius 1 is 1.40 bits per heavy atom. The first kappa shape index (κ1) is 8.02. The van der Waals surface area contributed by atoms with Crippen molar-refractivity contribution < 1.29 is 0 Å². The Balaban J connectivity index is 0.000000231. The van der Waals surface area contributed by atoms with Crippen LogP contribution in [0.2, 0.25) is 0 Å². The van der Waals surface area contributed by atoms with Crippen LogP contribution in [0.25, 0.3) is 0 Å². The van der Waals surface area contributed by atoms with Crippen LogP contribution < -0.4 is 5.32 Å². The van der Waals surface area contributed by atoms with Crippen LogP contribution in [0, 0.1) is 0 Å². The number of hydrogen-bond acceptors (Lipinski definition) is 2. The van der Waals surface area contributed by atoms with Gasteiger partial charge >= 0.3 is 0 Å². The number of nitrogens with zero attached hydrogens (tertiary/aromatic N) is 1. The molecule has 0 bridgehead atoms. The van der Waals surface area contributed by atoms with Gasteiger partial charge in [-0.05, 0) is 13.5 Å². The third-order valence-electron chi connectivity index (χ3n) is 2.19. The van der Waals surface area contributed by atoms with Gasteiger partial charge in [0.15, 0.2) is 0 Å². The van der Waals surface area contributed by atoms with Crippen LogP contribution in [0.3, 0.4) is 0 Å². The second kappa shape index (κ2) is 3.35. The highest BCUT2D eigenvalue weighted by atomic mass is 15.3. The number of likely N-dealkylation sites (N-methyl/N-ethyl adjacent to an activating group) is 1. The van der Waals surface area contributed by atoms with E-state index in [1.807, 2.05) is 13.8 Å². The van der Waals surface area contributed by atoms with Crippen molar-refractivity contribution in [1.29, 1.82) is 0 Å². The molecule has 2 fully saturated rings. The molecule has 0 spiro atoms. The molecule has 10 heavy (non-hydrogen) atoms. The van der Waals surface area contributed by atoms with Crippen molar-refractivity contribution in [1.82, 2.24) is 10.2 Å². The molecule has 1 aliphatic heterocycles. The lowest BCUT2D eigenvalue weighted by atomic mass is 10.4. The van der Waals surface area contributed by atoms with Crippen LogP contribution in [0.4, 0.5) is 0 Å². The summed E-state index contributed by atoms with van der Waals surface area (Å²) in [5.74, 6) is 0. The van der Waals surface area contributed by atoms with Gasteiger partial charge in [-0.1, -0.05) is 13.8 Å². The zero-order chi connectivity index (χ0) is 7.56. The number of nitrogens with one attached hydrogen (secondary N) is 1. The quantitative estimate of drug-likeness (QED) is 0.535. The van der Waals surface area contributed by atoms with E-state index < -0.39 is 0 Å². The van der Waals surface area contributed by atoms with Gasteiger partial charge < -0.3 is 10.2 Å². The number of piperazine rings is 1. The molecule has 0 radical (unpaired) electrons. The molecule has 1 saturated heterocycles. The number of rotatable bonds is 0. The minimum Gasteiger partial charge on any atom is -0.311 e. The first-order chi connectivity index (χ1) is 4.88. The Morgan fingerprint density at radius 2 is 2.10 bits per heavy atom. The van der Waals surface area contributed by atoms with E-state index in [1.54, 1.807) is 0 Å². The second-order valence-electron chi connectivity index (χ2n) is 2.84. The van der Waals surface area contributed by atoms with Crippen LogP contribution >= 0.6 is 0 Å². The van der Waals surface area contributed by atoms with Crippen LogP contribution in [-0.2, 0) is 0 Å². The molecular weight excluding hydrogens is 124 g/mol. The summed E-state index contributed by atoms with van der Waals surface area (Å²) in [6.45, 7) is 6.43. The van der Waals surface area contributed by atoms with Gasteiger partial charge in [-0.15, -0.1) is 0 Å². The van der Waals surface area contributed by atoms with E-state index in [0.717, 1.165) is 12.1 Å². The lowest BCUT2D eigenvalue weighted by Gasteiger charge is -2.21. The largest absolute Gasteiger partial charge is 0.311 e. The van der Waals surface area contributed by atoms with E-state index in [9.17, 15) is 0 Å². The number of fused-ring (bicyclic) bond motifs is 1. The molecule has 1 saturated carbocycles. The smallest absolute Gasteiger partial charge is 0.0262 e. The maximum atomic E-state index is 3.44. The summed E-state index contributed by atoms with van der Waals surface area (Å²) in [5.41, 5.74) is 0. The normalized spacial score (nSPS) is 37.5. The van der Waals surface area contributed by atoms with Crippen molar-refractivity contribution in [2.75, 3.05) is 20.1 Å². The molecule has 60 valence electrons. The Hall–Kier alpha value is -0.0800. The Labute approximate surface area is 63.6 Å².